The Morgan fingerprint density at radius 1 is 1.69 bits per heavy atom. The standard InChI is InChI=1S/C10H18N4O2/c1-8(4-6-15)7-11-10(16)12-9-3-5-14(2)13-9/h3,5,8,15H,4,6-7H2,1-2H3,(H2,11,12,13,16). The summed E-state index contributed by atoms with van der Waals surface area (Å²) in [5.74, 6) is 0.786. The van der Waals surface area contributed by atoms with Crippen LogP contribution in [0, 0.1) is 5.92 Å². The first-order valence-electron chi connectivity index (χ1n) is 5.27. The number of urea groups is 1. The number of aliphatic hydroxyl groups excluding tert-OH is 1. The van der Waals surface area contributed by atoms with E-state index in [1.807, 2.05) is 6.92 Å². The lowest BCUT2D eigenvalue weighted by molar-refractivity contribution is 0.243. The minimum absolute atomic E-state index is 0.144. The lowest BCUT2D eigenvalue weighted by Crippen LogP contribution is -2.32. The quantitative estimate of drug-likeness (QED) is 0.686. The van der Waals surface area contributed by atoms with Crippen molar-refractivity contribution in [2.45, 2.75) is 13.3 Å². The van der Waals surface area contributed by atoms with Crippen LogP contribution in [0.15, 0.2) is 12.3 Å². The van der Waals surface area contributed by atoms with Crippen molar-refractivity contribution in [3.8, 4) is 0 Å². The summed E-state index contributed by atoms with van der Waals surface area (Å²) in [6, 6.07) is 1.44. The van der Waals surface area contributed by atoms with Crippen molar-refractivity contribution < 1.29 is 9.90 Å². The van der Waals surface area contributed by atoms with Crippen molar-refractivity contribution in [3.05, 3.63) is 12.3 Å². The van der Waals surface area contributed by atoms with E-state index in [1.165, 1.54) is 0 Å². The largest absolute Gasteiger partial charge is 0.396 e. The highest BCUT2D eigenvalue weighted by Gasteiger charge is 2.06. The van der Waals surface area contributed by atoms with E-state index in [0.717, 1.165) is 0 Å². The number of hydrogen-bond donors (Lipinski definition) is 3. The Balaban J connectivity index is 2.26. The minimum Gasteiger partial charge on any atom is -0.396 e. The van der Waals surface area contributed by atoms with Crippen LogP contribution in [0.4, 0.5) is 10.6 Å². The molecule has 1 aromatic rings. The molecule has 1 heterocycles. The van der Waals surface area contributed by atoms with Gasteiger partial charge < -0.3 is 10.4 Å². The number of carbonyl (C=O) groups is 1. The van der Waals surface area contributed by atoms with Gasteiger partial charge in [-0.3, -0.25) is 10.00 Å². The van der Waals surface area contributed by atoms with Gasteiger partial charge in [-0.25, -0.2) is 4.79 Å². The first-order valence-corrected chi connectivity index (χ1v) is 5.27. The lowest BCUT2D eigenvalue weighted by atomic mass is 10.1. The van der Waals surface area contributed by atoms with Crippen LogP contribution in [-0.2, 0) is 7.05 Å². The fraction of sp³-hybridized carbons (Fsp3) is 0.600. The molecule has 2 amide bonds. The van der Waals surface area contributed by atoms with Crippen molar-refractivity contribution >= 4 is 11.8 Å². The maximum atomic E-state index is 11.4. The Morgan fingerprint density at radius 3 is 3.00 bits per heavy atom. The van der Waals surface area contributed by atoms with Gasteiger partial charge in [-0.1, -0.05) is 6.92 Å². The molecule has 16 heavy (non-hydrogen) atoms. The van der Waals surface area contributed by atoms with Crippen LogP contribution in [-0.4, -0.2) is 34.1 Å². The van der Waals surface area contributed by atoms with Crippen LogP contribution in [0.2, 0.25) is 0 Å². The summed E-state index contributed by atoms with van der Waals surface area (Å²) < 4.78 is 1.62. The molecule has 1 atom stereocenters. The summed E-state index contributed by atoms with van der Waals surface area (Å²) in [7, 11) is 1.78. The molecule has 0 bridgehead atoms. The van der Waals surface area contributed by atoms with Gasteiger partial charge in [0.25, 0.3) is 0 Å². The number of nitrogens with zero attached hydrogens (tertiary/aromatic N) is 2. The summed E-state index contributed by atoms with van der Waals surface area (Å²) in [5.41, 5.74) is 0. The summed E-state index contributed by atoms with van der Waals surface area (Å²) in [4.78, 5) is 11.4. The molecular formula is C10H18N4O2. The lowest BCUT2D eigenvalue weighted by Gasteiger charge is -2.10. The molecule has 0 saturated heterocycles. The van der Waals surface area contributed by atoms with Crippen LogP contribution in [0.1, 0.15) is 13.3 Å². The van der Waals surface area contributed by atoms with Gasteiger partial charge in [0.2, 0.25) is 0 Å². The smallest absolute Gasteiger partial charge is 0.320 e. The molecule has 6 nitrogen and oxygen atoms in total. The van der Waals surface area contributed by atoms with Crippen LogP contribution >= 0.6 is 0 Å². The van der Waals surface area contributed by atoms with E-state index in [1.54, 1.807) is 24.0 Å². The van der Waals surface area contributed by atoms with Gasteiger partial charge in [-0.2, -0.15) is 5.10 Å². The van der Waals surface area contributed by atoms with E-state index in [2.05, 4.69) is 15.7 Å². The zero-order chi connectivity index (χ0) is 12.0. The fourth-order valence-corrected chi connectivity index (χ4v) is 1.23. The molecule has 0 aliphatic rings. The maximum Gasteiger partial charge on any atom is 0.320 e. The molecule has 0 aromatic carbocycles. The molecule has 1 unspecified atom stereocenters. The number of anilines is 1. The van der Waals surface area contributed by atoms with Crippen molar-refractivity contribution in [2.75, 3.05) is 18.5 Å². The van der Waals surface area contributed by atoms with E-state index in [9.17, 15) is 4.79 Å². The molecular weight excluding hydrogens is 208 g/mol. The van der Waals surface area contributed by atoms with E-state index in [0.29, 0.717) is 18.8 Å². The molecule has 0 aliphatic carbocycles. The number of carbonyl (C=O) groups excluding carboxylic acids is 1. The minimum atomic E-state index is -0.275. The molecule has 0 spiro atoms. The van der Waals surface area contributed by atoms with Crippen LogP contribution < -0.4 is 10.6 Å². The molecule has 90 valence electrons. The van der Waals surface area contributed by atoms with Crippen molar-refractivity contribution in [3.63, 3.8) is 0 Å². The molecule has 3 N–H and O–H groups in total. The van der Waals surface area contributed by atoms with Gasteiger partial charge in [0.15, 0.2) is 5.82 Å². The summed E-state index contributed by atoms with van der Waals surface area (Å²) in [6.07, 6.45) is 2.44. The normalized spacial score (nSPS) is 12.2. The topological polar surface area (TPSA) is 79.2 Å². The molecule has 1 aromatic heterocycles. The fourth-order valence-electron chi connectivity index (χ4n) is 1.23. The highest BCUT2D eigenvalue weighted by atomic mass is 16.3. The van der Waals surface area contributed by atoms with Gasteiger partial charge in [-0.05, 0) is 12.3 Å². The monoisotopic (exact) mass is 226 g/mol. The molecule has 1 rings (SSSR count). The van der Waals surface area contributed by atoms with Gasteiger partial charge in [-0.15, -0.1) is 0 Å². The molecule has 6 heteroatoms. The third-order valence-electron chi connectivity index (χ3n) is 2.19. The summed E-state index contributed by atoms with van der Waals surface area (Å²) in [5, 5.41) is 18.0. The average Bonchev–Trinajstić information content (AvgIpc) is 2.61. The van der Waals surface area contributed by atoms with Crippen molar-refractivity contribution in [2.24, 2.45) is 13.0 Å². The highest BCUT2D eigenvalue weighted by molar-refractivity contribution is 5.88. The Labute approximate surface area is 94.6 Å². The van der Waals surface area contributed by atoms with Gasteiger partial charge in [0.05, 0.1) is 0 Å². The van der Waals surface area contributed by atoms with E-state index in [4.69, 9.17) is 5.11 Å². The summed E-state index contributed by atoms with van der Waals surface area (Å²) in [6.45, 7) is 2.65. The van der Waals surface area contributed by atoms with Gasteiger partial charge in [0.1, 0.15) is 0 Å². The second-order valence-electron chi connectivity index (χ2n) is 3.83. The number of amides is 2. The van der Waals surface area contributed by atoms with Crippen LogP contribution in [0.3, 0.4) is 0 Å². The Hall–Kier alpha value is -1.56. The summed E-state index contributed by atoms with van der Waals surface area (Å²) >= 11 is 0. The van der Waals surface area contributed by atoms with Gasteiger partial charge >= 0.3 is 6.03 Å². The Kier molecular flexibility index (Phi) is 4.78. The number of aliphatic hydroxyl groups is 1. The third kappa shape index (κ3) is 4.31. The number of nitrogens with one attached hydrogen (secondary N) is 2. The predicted octanol–water partition coefficient (Wildman–Crippen LogP) is 0.560. The second-order valence-corrected chi connectivity index (χ2v) is 3.83. The van der Waals surface area contributed by atoms with E-state index < -0.39 is 0 Å². The Bertz CT molecular complexity index is 337. The first kappa shape index (κ1) is 12.5. The van der Waals surface area contributed by atoms with E-state index in [-0.39, 0.29) is 18.6 Å². The van der Waals surface area contributed by atoms with Crippen molar-refractivity contribution in [1.82, 2.24) is 15.1 Å². The highest BCUT2D eigenvalue weighted by Crippen LogP contribution is 2.01. The first-order chi connectivity index (χ1) is 7.61. The number of rotatable bonds is 5. The van der Waals surface area contributed by atoms with Crippen molar-refractivity contribution in [1.29, 1.82) is 0 Å². The van der Waals surface area contributed by atoms with Crippen LogP contribution in [0.5, 0.6) is 0 Å². The average molecular weight is 226 g/mol. The molecule has 0 saturated carbocycles. The third-order valence-corrected chi connectivity index (χ3v) is 2.19. The zero-order valence-corrected chi connectivity index (χ0v) is 9.60. The maximum absolute atomic E-state index is 11.4. The SMILES string of the molecule is CC(CCO)CNC(=O)Nc1ccn(C)n1. The molecule has 0 aliphatic heterocycles. The van der Waals surface area contributed by atoms with E-state index >= 15 is 0 Å². The zero-order valence-electron chi connectivity index (χ0n) is 9.60. The second kappa shape index (κ2) is 6.12. The molecule has 0 fully saturated rings. The van der Waals surface area contributed by atoms with Crippen LogP contribution in [0.25, 0.3) is 0 Å². The number of aryl methyl sites for hydroxylation is 1. The number of hydrogen-bond acceptors (Lipinski definition) is 3. The Morgan fingerprint density at radius 2 is 2.44 bits per heavy atom. The molecule has 0 radical (unpaired) electrons. The van der Waals surface area contributed by atoms with Gasteiger partial charge in [0, 0.05) is 32.5 Å². The predicted molar refractivity (Wildman–Crippen MR) is 61.1 cm³/mol. The number of aromatic nitrogens is 2.